The number of piperazine rings is 1. The molecule has 2 nitrogen and oxygen atoms in total. The van der Waals surface area contributed by atoms with Gasteiger partial charge in [-0.05, 0) is 44.3 Å². The van der Waals surface area contributed by atoms with Crippen LogP contribution in [0.25, 0.3) is 0 Å². The van der Waals surface area contributed by atoms with Crippen LogP contribution in [0.3, 0.4) is 0 Å². The molecule has 0 radical (unpaired) electrons. The molecular formula is C15H28N2S. The summed E-state index contributed by atoms with van der Waals surface area (Å²) in [6, 6.07) is 1.58. The van der Waals surface area contributed by atoms with E-state index in [1.807, 2.05) is 0 Å². The molecule has 0 aromatic rings. The number of nitrogens with zero attached hydrogens (tertiary/aromatic N) is 1. The van der Waals surface area contributed by atoms with Gasteiger partial charge in [0.2, 0.25) is 0 Å². The summed E-state index contributed by atoms with van der Waals surface area (Å²) >= 11 is 2.13. The van der Waals surface area contributed by atoms with E-state index in [2.05, 4.69) is 35.2 Å². The Hall–Kier alpha value is 0.270. The van der Waals surface area contributed by atoms with E-state index in [0.717, 1.165) is 18.0 Å². The Morgan fingerprint density at radius 1 is 1.33 bits per heavy atom. The molecule has 3 aliphatic rings. The summed E-state index contributed by atoms with van der Waals surface area (Å²) in [5, 5.41) is 3.80. The molecule has 1 N–H and O–H groups in total. The van der Waals surface area contributed by atoms with Gasteiger partial charge >= 0.3 is 0 Å². The van der Waals surface area contributed by atoms with E-state index in [4.69, 9.17) is 0 Å². The van der Waals surface area contributed by atoms with Gasteiger partial charge in [0, 0.05) is 36.5 Å². The summed E-state index contributed by atoms with van der Waals surface area (Å²) in [5.41, 5.74) is 0. The van der Waals surface area contributed by atoms with Crippen LogP contribution in [0.1, 0.15) is 45.4 Å². The van der Waals surface area contributed by atoms with Crippen molar-refractivity contribution in [1.82, 2.24) is 10.2 Å². The van der Waals surface area contributed by atoms with E-state index in [1.54, 1.807) is 0 Å². The highest BCUT2D eigenvalue weighted by atomic mass is 32.2. The molecule has 2 saturated carbocycles. The van der Waals surface area contributed by atoms with E-state index >= 15 is 0 Å². The molecule has 2 aliphatic carbocycles. The van der Waals surface area contributed by atoms with Crippen LogP contribution in [-0.2, 0) is 0 Å². The molecule has 0 aromatic heterocycles. The Morgan fingerprint density at radius 2 is 2.11 bits per heavy atom. The Morgan fingerprint density at radius 3 is 2.61 bits per heavy atom. The van der Waals surface area contributed by atoms with Crippen molar-refractivity contribution in [2.24, 2.45) is 5.92 Å². The van der Waals surface area contributed by atoms with Crippen LogP contribution in [0.4, 0.5) is 0 Å². The predicted octanol–water partition coefficient (Wildman–Crippen LogP) is 2.73. The number of hydrogen-bond donors (Lipinski definition) is 1. The van der Waals surface area contributed by atoms with Gasteiger partial charge in [-0.3, -0.25) is 4.90 Å². The summed E-state index contributed by atoms with van der Waals surface area (Å²) < 4.78 is 0.610. The van der Waals surface area contributed by atoms with Crippen molar-refractivity contribution < 1.29 is 0 Å². The first-order valence-electron chi connectivity index (χ1n) is 7.79. The fraction of sp³-hybridized carbons (Fsp3) is 1.00. The molecule has 1 heterocycles. The van der Waals surface area contributed by atoms with Crippen LogP contribution >= 0.6 is 11.8 Å². The molecule has 104 valence electrons. The van der Waals surface area contributed by atoms with E-state index in [-0.39, 0.29) is 0 Å². The van der Waals surface area contributed by atoms with Gasteiger partial charge in [-0.1, -0.05) is 13.3 Å². The minimum absolute atomic E-state index is 0.610. The van der Waals surface area contributed by atoms with Crippen molar-refractivity contribution in [3.05, 3.63) is 0 Å². The average molecular weight is 268 g/mol. The molecule has 2 atom stereocenters. The topological polar surface area (TPSA) is 15.3 Å². The number of nitrogens with one attached hydrogen (secondary N) is 1. The SMILES string of the molecule is CCC1CNC(C2CC2)CN1CC1(SC)CCC1. The van der Waals surface area contributed by atoms with Crippen LogP contribution in [0.5, 0.6) is 0 Å². The summed E-state index contributed by atoms with van der Waals surface area (Å²) in [6.45, 7) is 6.23. The number of thioether (sulfide) groups is 1. The Balaban J connectivity index is 1.62. The zero-order valence-corrected chi connectivity index (χ0v) is 12.8. The van der Waals surface area contributed by atoms with Crippen molar-refractivity contribution in [3.8, 4) is 0 Å². The van der Waals surface area contributed by atoms with E-state index < -0.39 is 0 Å². The van der Waals surface area contributed by atoms with Crippen molar-refractivity contribution >= 4 is 11.8 Å². The zero-order valence-electron chi connectivity index (χ0n) is 12.0. The second kappa shape index (κ2) is 5.34. The molecule has 2 unspecified atom stereocenters. The van der Waals surface area contributed by atoms with Crippen molar-refractivity contribution in [1.29, 1.82) is 0 Å². The molecule has 0 amide bonds. The summed E-state index contributed by atoms with van der Waals surface area (Å²) in [4.78, 5) is 2.83. The lowest BCUT2D eigenvalue weighted by Crippen LogP contribution is -2.60. The molecule has 3 heteroatoms. The quantitative estimate of drug-likeness (QED) is 0.825. The van der Waals surface area contributed by atoms with Gasteiger partial charge in [0.1, 0.15) is 0 Å². The largest absolute Gasteiger partial charge is 0.311 e. The highest BCUT2D eigenvalue weighted by Gasteiger charge is 2.42. The second-order valence-electron chi connectivity index (χ2n) is 6.58. The van der Waals surface area contributed by atoms with Crippen molar-refractivity contribution in [3.63, 3.8) is 0 Å². The Kier molecular flexibility index (Phi) is 3.93. The fourth-order valence-corrected chi connectivity index (χ4v) is 4.65. The van der Waals surface area contributed by atoms with E-state index in [1.165, 1.54) is 58.2 Å². The lowest BCUT2D eigenvalue weighted by atomic mass is 9.83. The smallest absolute Gasteiger partial charge is 0.0284 e. The van der Waals surface area contributed by atoms with Gasteiger partial charge in [-0.2, -0.15) is 11.8 Å². The Bertz CT molecular complexity index is 281. The normalized spacial score (nSPS) is 36.3. The summed E-state index contributed by atoms with van der Waals surface area (Å²) in [6.07, 6.45) is 10.9. The highest BCUT2D eigenvalue weighted by Crippen LogP contribution is 2.44. The lowest BCUT2D eigenvalue weighted by Gasteiger charge is -2.49. The molecular weight excluding hydrogens is 240 g/mol. The third-order valence-electron chi connectivity index (χ3n) is 5.41. The molecule has 3 fully saturated rings. The standard InChI is InChI=1S/C15H28N2S/c1-3-13-9-16-14(12-5-6-12)10-17(13)11-15(18-2)7-4-8-15/h12-14,16H,3-11H2,1-2H3. The third-order valence-corrected chi connectivity index (χ3v) is 6.82. The molecule has 1 aliphatic heterocycles. The van der Waals surface area contributed by atoms with Crippen LogP contribution < -0.4 is 5.32 Å². The van der Waals surface area contributed by atoms with Gasteiger partial charge in [-0.25, -0.2) is 0 Å². The minimum atomic E-state index is 0.610. The molecule has 18 heavy (non-hydrogen) atoms. The van der Waals surface area contributed by atoms with Crippen LogP contribution in [0, 0.1) is 5.92 Å². The molecule has 0 bridgehead atoms. The van der Waals surface area contributed by atoms with E-state index in [9.17, 15) is 0 Å². The highest BCUT2D eigenvalue weighted by molar-refractivity contribution is 8.00. The first-order chi connectivity index (χ1) is 8.76. The second-order valence-corrected chi connectivity index (χ2v) is 7.86. The molecule has 0 aromatic carbocycles. The predicted molar refractivity (Wildman–Crippen MR) is 80.3 cm³/mol. The van der Waals surface area contributed by atoms with Gasteiger partial charge in [0.05, 0.1) is 0 Å². The summed E-state index contributed by atoms with van der Waals surface area (Å²) in [7, 11) is 0. The van der Waals surface area contributed by atoms with Crippen LogP contribution in [-0.4, -0.2) is 47.6 Å². The van der Waals surface area contributed by atoms with Gasteiger partial charge < -0.3 is 5.32 Å². The maximum atomic E-state index is 3.80. The lowest BCUT2D eigenvalue weighted by molar-refractivity contribution is 0.0924. The zero-order chi connectivity index (χ0) is 12.6. The third kappa shape index (κ3) is 2.59. The van der Waals surface area contributed by atoms with Crippen molar-refractivity contribution in [2.75, 3.05) is 25.9 Å². The number of rotatable bonds is 5. The molecule has 3 rings (SSSR count). The first kappa shape index (κ1) is 13.3. The first-order valence-corrected chi connectivity index (χ1v) is 9.01. The Labute approximate surface area is 116 Å². The van der Waals surface area contributed by atoms with E-state index in [0.29, 0.717) is 4.75 Å². The average Bonchev–Trinajstić information content (AvgIpc) is 3.18. The number of hydrogen-bond acceptors (Lipinski definition) is 3. The van der Waals surface area contributed by atoms with Crippen LogP contribution in [0.15, 0.2) is 0 Å². The van der Waals surface area contributed by atoms with Crippen LogP contribution in [0.2, 0.25) is 0 Å². The summed E-state index contributed by atoms with van der Waals surface area (Å²) in [5.74, 6) is 0.997. The minimum Gasteiger partial charge on any atom is -0.311 e. The van der Waals surface area contributed by atoms with Gasteiger partial charge in [0.25, 0.3) is 0 Å². The fourth-order valence-electron chi connectivity index (χ4n) is 3.66. The molecule has 0 spiro atoms. The maximum Gasteiger partial charge on any atom is 0.0284 e. The molecule has 1 saturated heterocycles. The van der Waals surface area contributed by atoms with Gasteiger partial charge in [-0.15, -0.1) is 0 Å². The monoisotopic (exact) mass is 268 g/mol. The van der Waals surface area contributed by atoms with Gasteiger partial charge in [0.15, 0.2) is 0 Å². The maximum absolute atomic E-state index is 3.80. The van der Waals surface area contributed by atoms with Crippen molar-refractivity contribution in [2.45, 2.75) is 62.3 Å².